The Labute approximate surface area is 151 Å². The molecule has 0 radical (unpaired) electrons. The van der Waals surface area contributed by atoms with Crippen LogP contribution in [0.2, 0.25) is 0 Å². The molecule has 0 aliphatic heterocycles. The Morgan fingerprint density at radius 3 is 2.81 bits per heavy atom. The summed E-state index contributed by atoms with van der Waals surface area (Å²) in [6, 6.07) is 13.4. The van der Waals surface area contributed by atoms with Gasteiger partial charge < -0.3 is 14.7 Å². The summed E-state index contributed by atoms with van der Waals surface area (Å²) in [4.78, 5) is 15.1. The second-order valence-electron chi connectivity index (χ2n) is 5.46. The number of benzene rings is 2. The van der Waals surface area contributed by atoms with E-state index in [1.807, 2.05) is 30.5 Å². The van der Waals surface area contributed by atoms with E-state index in [9.17, 15) is 9.18 Å². The highest BCUT2D eigenvalue weighted by atomic mass is 32.2. The van der Waals surface area contributed by atoms with E-state index in [2.05, 4.69) is 20.5 Å². The van der Waals surface area contributed by atoms with Crippen LogP contribution < -0.4 is 5.32 Å². The Morgan fingerprint density at radius 2 is 1.96 bits per heavy atom. The van der Waals surface area contributed by atoms with Gasteiger partial charge in [0.1, 0.15) is 5.82 Å². The number of aromatic amines is 1. The summed E-state index contributed by atoms with van der Waals surface area (Å²) in [6.07, 6.45) is 1.81. The molecule has 2 aromatic carbocycles. The van der Waals surface area contributed by atoms with E-state index >= 15 is 0 Å². The predicted octanol–water partition coefficient (Wildman–Crippen LogP) is 4.09. The summed E-state index contributed by atoms with van der Waals surface area (Å²) in [5, 5.41) is 12.0. The fourth-order valence-electron chi connectivity index (χ4n) is 2.48. The Balaban J connectivity index is 1.40. The van der Waals surface area contributed by atoms with Crippen LogP contribution in [0.1, 0.15) is 0 Å². The van der Waals surface area contributed by atoms with Crippen molar-refractivity contribution in [2.45, 2.75) is 5.22 Å². The molecule has 130 valence electrons. The van der Waals surface area contributed by atoms with Gasteiger partial charge >= 0.3 is 0 Å². The van der Waals surface area contributed by atoms with Crippen LogP contribution in [0, 0.1) is 5.82 Å². The molecule has 4 rings (SSSR count). The van der Waals surface area contributed by atoms with Crippen molar-refractivity contribution >= 4 is 34.3 Å². The zero-order valence-corrected chi connectivity index (χ0v) is 14.2. The zero-order valence-electron chi connectivity index (χ0n) is 13.4. The van der Waals surface area contributed by atoms with Crippen molar-refractivity contribution in [1.82, 2.24) is 15.2 Å². The van der Waals surface area contributed by atoms with Gasteiger partial charge in [-0.05, 0) is 30.3 Å². The molecule has 0 spiro atoms. The number of fused-ring (bicyclic) bond motifs is 1. The summed E-state index contributed by atoms with van der Waals surface area (Å²) in [6.45, 7) is 0. The largest absolute Gasteiger partial charge is 0.411 e. The molecule has 2 heterocycles. The first-order chi connectivity index (χ1) is 12.7. The predicted molar refractivity (Wildman–Crippen MR) is 97.3 cm³/mol. The molecule has 8 heteroatoms. The zero-order chi connectivity index (χ0) is 17.9. The number of aromatic nitrogens is 3. The second-order valence-corrected chi connectivity index (χ2v) is 6.39. The van der Waals surface area contributed by atoms with E-state index in [1.54, 1.807) is 0 Å². The number of rotatable bonds is 5. The van der Waals surface area contributed by atoms with E-state index in [4.69, 9.17) is 4.42 Å². The van der Waals surface area contributed by atoms with Gasteiger partial charge in [-0.25, -0.2) is 4.39 Å². The molecule has 26 heavy (non-hydrogen) atoms. The summed E-state index contributed by atoms with van der Waals surface area (Å²) >= 11 is 1.14. The van der Waals surface area contributed by atoms with Crippen molar-refractivity contribution < 1.29 is 13.6 Å². The Kier molecular flexibility index (Phi) is 4.40. The molecular weight excluding hydrogens is 355 g/mol. The number of halogens is 1. The second kappa shape index (κ2) is 7.01. The fraction of sp³-hybridized carbons (Fsp3) is 0.0556. The van der Waals surface area contributed by atoms with Crippen molar-refractivity contribution in [1.29, 1.82) is 0 Å². The Hall–Kier alpha value is -3.13. The van der Waals surface area contributed by atoms with E-state index in [0.29, 0.717) is 16.8 Å². The van der Waals surface area contributed by atoms with Crippen LogP contribution in [0.25, 0.3) is 22.4 Å². The Bertz CT molecular complexity index is 1060. The molecule has 1 amide bonds. The van der Waals surface area contributed by atoms with Gasteiger partial charge in [-0.1, -0.05) is 30.0 Å². The van der Waals surface area contributed by atoms with Crippen LogP contribution in [-0.4, -0.2) is 26.8 Å². The first-order valence-corrected chi connectivity index (χ1v) is 8.76. The number of para-hydroxylation sites is 1. The summed E-state index contributed by atoms with van der Waals surface area (Å²) in [7, 11) is 0. The quantitative estimate of drug-likeness (QED) is 0.519. The number of carbonyl (C=O) groups is 1. The molecule has 2 aromatic heterocycles. The molecule has 0 saturated carbocycles. The van der Waals surface area contributed by atoms with Gasteiger partial charge in [0.25, 0.3) is 11.1 Å². The number of thioether (sulfide) groups is 1. The van der Waals surface area contributed by atoms with Crippen molar-refractivity contribution in [3.05, 3.63) is 60.5 Å². The third kappa shape index (κ3) is 3.45. The maximum atomic E-state index is 12.9. The monoisotopic (exact) mass is 368 g/mol. The highest BCUT2D eigenvalue weighted by Crippen LogP contribution is 2.29. The molecule has 6 nitrogen and oxygen atoms in total. The van der Waals surface area contributed by atoms with Crippen LogP contribution in [0.15, 0.2) is 64.4 Å². The van der Waals surface area contributed by atoms with Crippen LogP contribution in [-0.2, 0) is 4.79 Å². The molecule has 0 saturated heterocycles. The third-order valence-electron chi connectivity index (χ3n) is 3.68. The normalized spacial score (nSPS) is 11.0. The van der Waals surface area contributed by atoms with Crippen LogP contribution in [0.5, 0.6) is 0 Å². The van der Waals surface area contributed by atoms with E-state index < -0.39 is 0 Å². The van der Waals surface area contributed by atoms with Gasteiger partial charge in [-0.15, -0.1) is 10.2 Å². The number of amides is 1. The van der Waals surface area contributed by atoms with Crippen molar-refractivity contribution in [3.8, 4) is 11.5 Å². The number of anilines is 1. The maximum absolute atomic E-state index is 12.9. The molecule has 0 aliphatic rings. The van der Waals surface area contributed by atoms with Gasteiger partial charge in [0, 0.05) is 22.8 Å². The van der Waals surface area contributed by atoms with Crippen molar-refractivity contribution in [2.75, 3.05) is 11.1 Å². The van der Waals surface area contributed by atoms with Crippen LogP contribution >= 0.6 is 11.8 Å². The summed E-state index contributed by atoms with van der Waals surface area (Å²) in [5.41, 5.74) is 2.33. The number of hydrogen-bond acceptors (Lipinski definition) is 5. The fourth-order valence-corrected chi connectivity index (χ4v) is 3.05. The molecule has 0 fully saturated rings. The van der Waals surface area contributed by atoms with Gasteiger partial charge in [0.15, 0.2) is 0 Å². The van der Waals surface area contributed by atoms with E-state index in [-0.39, 0.29) is 17.5 Å². The van der Waals surface area contributed by atoms with Gasteiger partial charge in [0.05, 0.1) is 11.3 Å². The van der Waals surface area contributed by atoms with Gasteiger partial charge in [-0.2, -0.15) is 0 Å². The van der Waals surface area contributed by atoms with Crippen LogP contribution in [0.3, 0.4) is 0 Å². The molecular formula is C18H13FN4O2S. The van der Waals surface area contributed by atoms with E-state index in [0.717, 1.165) is 28.2 Å². The van der Waals surface area contributed by atoms with E-state index in [1.165, 1.54) is 24.3 Å². The number of carbonyl (C=O) groups excluding carboxylic acids is 1. The smallest absolute Gasteiger partial charge is 0.277 e. The first kappa shape index (κ1) is 16.3. The minimum atomic E-state index is -0.354. The average molecular weight is 368 g/mol. The topological polar surface area (TPSA) is 83.8 Å². The minimum Gasteiger partial charge on any atom is -0.411 e. The number of nitrogens with zero attached hydrogens (tertiary/aromatic N) is 2. The minimum absolute atomic E-state index is 0.104. The third-order valence-corrected chi connectivity index (χ3v) is 4.50. The lowest BCUT2D eigenvalue weighted by molar-refractivity contribution is -0.113. The summed E-state index contributed by atoms with van der Waals surface area (Å²) in [5.74, 6) is -0.0993. The van der Waals surface area contributed by atoms with Crippen molar-refractivity contribution in [3.63, 3.8) is 0 Å². The molecule has 0 unspecified atom stereocenters. The molecule has 2 N–H and O–H groups in total. The molecule has 4 aromatic rings. The number of H-pyrrole nitrogens is 1. The highest BCUT2D eigenvalue weighted by Gasteiger charge is 2.14. The Morgan fingerprint density at radius 1 is 1.15 bits per heavy atom. The van der Waals surface area contributed by atoms with Gasteiger partial charge in [-0.3, -0.25) is 4.79 Å². The van der Waals surface area contributed by atoms with Crippen LogP contribution in [0.4, 0.5) is 10.1 Å². The first-order valence-electron chi connectivity index (χ1n) is 7.77. The summed E-state index contributed by atoms with van der Waals surface area (Å²) < 4.78 is 18.5. The standard InChI is InChI=1S/C18H13FN4O2S/c19-11-5-7-12(8-6-11)21-16(24)10-26-18-23-22-17(25-18)14-9-20-15-4-2-1-3-13(14)15/h1-9,20H,10H2,(H,21,24). The lowest BCUT2D eigenvalue weighted by atomic mass is 10.2. The molecule has 0 aliphatic carbocycles. The maximum Gasteiger partial charge on any atom is 0.277 e. The lowest BCUT2D eigenvalue weighted by Crippen LogP contribution is -2.13. The highest BCUT2D eigenvalue weighted by molar-refractivity contribution is 7.99. The van der Waals surface area contributed by atoms with Gasteiger partial charge in [0.2, 0.25) is 5.91 Å². The average Bonchev–Trinajstić information content (AvgIpc) is 3.28. The molecule has 0 bridgehead atoms. The SMILES string of the molecule is O=C(CSc1nnc(-c2c[nH]c3ccccc23)o1)Nc1ccc(F)cc1. The molecule has 0 atom stereocenters. The van der Waals surface area contributed by atoms with Crippen molar-refractivity contribution in [2.24, 2.45) is 0 Å². The number of nitrogens with one attached hydrogen (secondary N) is 2. The lowest BCUT2D eigenvalue weighted by Gasteiger charge is -2.03. The number of hydrogen-bond donors (Lipinski definition) is 2.